The molecule has 1 aromatic heterocycles. The van der Waals surface area contributed by atoms with Gasteiger partial charge in [-0.1, -0.05) is 47.9 Å². The van der Waals surface area contributed by atoms with Crippen molar-refractivity contribution in [3.8, 4) is 5.19 Å². The van der Waals surface area contributed by atoms with Crippen molar-refractivity contribution in [3.05, 3.63) is 35.4 Å². The van der Waals surface area contributed by atoms with Crippen LogP contribution in [-0.4, -0.2) is 82.7 Å². The van der Waals surface area contributed by atoms with Crippen molar-refractivity contribution in [3.63, 3.8) is 0 Å². The number of halogens is 1. The summed E-state index contributed by atoms with van der Waals surface area (Å²) in [6, 6.07) is 3.21. The lowest BCUT2D eigenvalue weighted by Crippen LogP contribution is -2.58. The van der Waals surface area contributed by atoms with E-state index in [2.05, 4.69) is 20.3 Å². The molecule has 1 aromatic carbocycles. The summed E-state index contributed by atoms with van der Waals surface area (Å²) in [5.74, 6) is -2.32. The van der Waals surface area contributed by atoms with E-state index in [0.717, 1.165) is 17.5 Å². The van der Waals surface area contributed by atoms with E-state index in [1.165, 1.54) is 16.2 Å². The second-order valence-electron chi connectivity index (χ2n) is 15.0. The van der Waals surface area contributed by atoms with Gasteiger partial charge in [-0.25, -0.2) is 18.2 Å². The van der Waals surface area contributed by atoms with Crippen LogP contribution in [-0.2, 0) is 29.1 Å². The number of amides is 4. The molecule has 2 aliphatic carbocycles. The highest BCUT2D eigenvalue weighted by molar-refractivity contribution is 7.91. The van der Waals surface area contributed by atoms with E-state index in [1.807, 2.05) is 12.2 Å². The number of alkyl carbamates (subject to hydrolysis) is 1. The van der Waals surface area contributed by atoms with Gasteiger partial charge in [0.25, 0.3) is 11.1 Å². The van der Waals surface area contributed by atoms with Gasteiger partial charge in [-0.05, 0) is 84.4 Å². The monoisotopic (exact) mass is 749 g/mol. The summed E-state index contributed by atoms with van der Waals surface area (Å²) in [5, 5.41) is 6.49. The van der Waals surface area contributed by atoms with E-state index in [9.17, 15) is 27.6 Å². The van der Waals surface area contributed by atoms with Crippen molar-refractivity contribution in [2.24, 2.45) is 5.92 Å². The summed E-state index contributed by atoms with van der Waals surface area (Å²) in [5.41, 5.74) is -1.61. The Bertz CT molecular complexity index is 1820. The lowest BCUT2D eigenvalue weighted by molar-refractivity contribution is -0.141. The number of sulfonamides is 1. The van der Waals surface area contributed by atoms with Crippen molar-refractivity contribution < 1.29 is 37.1 Å². The number of benzene rings is 1. The molecule has 4 amide bonds. The van der Waals surface area contributed by atoms with Crippen molar-refractivity contribution in [2.75, 3.05) is 6.54 Å². The van der Waals surface area contributed by atoms with Gasteiger partial charge >= 0.3 is 6.09 Å². The van der Waals surface area contributed by atoms with E-state index >= 15 is 0 Å². The number of rotatable bonds is 6. The van der Waals surface area contributed by atoms with E-state index in [-0.39, 0.29) is 19.4 Å². The van der Waals surface area contributed by atoms with Crippen LogP contribution in [0.15, 0.2) is 30.4 Å². The Kier molecular flexibility index (Phi) is 9.89. The minimum absolute atomic E-state index is 0.00929. The first-order chi connectivity index (χ1) is 23.5. The Morgan fingerprint density at radius 1 is 1.16 bits per heavy atom. The van der Waals surface area contributed by atoms with Crippen molar-refractivity contribution >= 4 is 67.0 Å². The molecule has 3 heterocycles. The number of nitrogens with one attached hydrogen (secondary N) is 3. The van der Waals surface area contributed by atoms with Gasteiger partial charge in [-0.15, -0.1) is 0 Å². The predicted octanol–water partition coefficient (Wildman–Crippen LogP) is 4.59. The molecule has 5 atom stereocenters. The average Bonchev–Trinajstić information content (AvgIpc) is 3.83. The van der Waals surface area contributed by atoms with Gasteiger partial charge < -0.3 is 25.0 Å². The molecular formula is C34H44ClN5O8S2. The predicted molar refractivity (Wildman–Crippen MR) is 188 cm³/mol. The van der Waals surface area contributed by atoms with E-state index in [0.29, 0.717) is 47.8 Å². The average molecular weight is 750 g/mol. The normalized spacial score (nSPS) is 29.0. The third-order valence-electron chi connectivity index (χ3n) is 9.76. The molecule has 2 aromatic rings. The summed E-state index contributed by atoms with van der Waals surface area (Å²) in [4.78, 5) is 61.1. The Labute approximate surface area is 300 Å². The molecule has 3 N–H and O–H groups in total. The number of allylic oxidation sites excluding steroid dienone is 1. The second kappa shape index (κ2) is 13.6. The van der Waals surface area contributed by atoms with Crippen molar-refractivity contribution in [1.29, 1.82) is 0 Å². The van der Waals surface area contributed by atoms with E-state index in [4.69, 9.17) is 21.1 Å². The number of fused-ring (bicyclic) bond motifs is 3. The van der Waals surface area contributed by atoms with Crippen LogP contribution in [0.5, 0.6) is 5.19 Å². The fraction of sp³-hybridized carbons (Fsp3) is 0.618. The molecule has 6 rings (SSSR count). The zero-order valence-electron chi connectivity index (χ0n) is 28.6. The number of hydrogen-bond donors (Lipinski definition) is 3. The van der Waals surface area contributed by atoms with Gasteiger partial charge in [0.15, 0.2) is 0 Å². The van der Waals surface area contributed by atoms with E-state index < -0.39 is 73.8 Å². The van der Waals surface area contributed by atoms with Crippen LogP contribution in [0, 0.1) is 5.92 Å². The van der Waals surface area contributed by atoms with Gasteiger partial charge in [0.2, 0.25) is 21.8 Å². The molecule has 0 spiro atoms. The smallest absolute Gasteiger partial charge is 0.408 e. The SMILES string of the molecule is CC(C)(C)OC(=O)N[C@H]1CCCCC/C=C\[C@H]2C[C@@]2(C(=O)NS(=O)(=O)C2(C)CC2)NC(=O)[C@@H]2C[C@@H](Oc3nc4ccc(Cl)cc4s3)CN2C1=O. The Morgan fingerprint density at radius 3 is 2.64 bits per heavy atom. The molecule has 1 saturated heterocycles. The Hall–Kier alpha value is -3.43. The van der Waals surface area contributed by atoms with Crippen LogP contribution in [0.3, 0.4) is 0 Å². The topological polar surface area (TPSA) is 173 Å². The maximum Gasteiger partial charge on any atom is 0.408 e. The fourth-order valence-corrected chi connectivity index (χ4v) is 8.94. The lowest BCUT2D eigenvalue weighted by Gasteiger charge is -2.30. The van der Waals surface area contributed by atoms with Gasteiger partial charge in [0.1, 0.15) is 29.3 Å². The molecular weight excluding hydrogens is 706 g/mol. The van der Waals surface area contributed by atoms with Gasteiger partial charge in [-0.3, -0.25) is 19.1 Å². The van der Waals surface area contributed by atoms with Crippen molar-refractivity contribution in [1.82, 2.24) is 25.2 Å². The third-order valence-corrected chi connectivity index (χ3v) is 13.1. The molecule has 4 aliphatic rings. The fourth-order valence-electron chi connectivity index (χ4n) is 6.47. The molecule has 2 saturated carbocycles. The standard InChI is InChI=1S/C34H44ClN5O8S2/c1-32(2,3)48-30(44)36-24-11-9-7-5-6-8-10-20-18-34(20,29(43)39-50(45,46)33(4)14-15-33)38-27(41)25-17-22(19-40(25)28(24)42)47-31-37-23-13-12-21(35)16-26(23)49-31/h8,10,12-13,16,20,22,24-25H,5-7,9,11,14-15,17-19H2,1-4H3,(H,36,44)(H,38,41)(H,39,43)/b10-8-/t20-,22+,24-,25-,34+/m0/s1. The number of hydrogen-bond acceptors (Lipinski definition) is 10. The van der Waals surface area contributed by atoms with Crippen LogP contribution >= 0.6 is 22.9 Å². The maximum absolute atomic E-state index is 14.3. The van der Waals surface area contributed by atoms with Gasteiger partial charge in [0.05, 0.1) is 21.5 Å². The number of ether oxygens (including phenoxy) is 2. The van der Waals surface area contributed by atoms with Crippen molar-refractivity contribution in [2.45, 2.75) is 120 Å². The van der Waals surface area contributed by atoms with Crippen LogP contribution in [0.1, 0.15) is 85.5 Å². The van der Waals surface area contributed by atoms with Crippen LogP contribution in [0.2, 0.25) is 5.02 Å². The van der Waals surface area contributed by atoms with E-state index in [1.54, 1.807) is 45.9 Å². The quantitative estimate of drug-likeness (QED) is 0.357. The van der Waals surface area contributed by atoms with Crippen LogP contribution in [0.4, 0.5) is 4.79 Å². The number of thiazole rings is 1. The highest BCUT2D eigenvalue weighted by Gasteiger charge is 2.63. The van der Waals surface area contributed by atoms with Crippen LogP contribution < -0.4 is 20.1 Å². The highest BCUT2D eigenvalue weighted by atomic mass is 35.5. The molecule has 2 aliphatic heterocycles. The maximum atomic E-state index is 14.3. The minimum Gasteiger partial charge on any atom is -0.465 e. The molecule has 3 fully saturated rings. The molecule has 13 nitrogen and oxygen atoms in total. The summed E-state index contributed by atoms with van der Waals surface area (Å²) in [6.45, 7) is 6.78. The third kappa shape index (κ3) is 7.89. The Balaban J connectivity index is 1.29. The zero-order chi connectivity index (χ0) is 36.1. The molecule has 0 radical (unpaired) electrons. The zero-order valence-corrected chi connectivity index (χ0v) is 31.0. The number of carbonyl (C=O) groups is 4. The van der Waals surface area contributed by atoms with Gasteiger partial charge in [-0.2, -0.15) is 0 Å². The summed E-state index contributed by atoms with van der Waals surface area (Å²) in [6.07, 6.45) is 6.79. The molecule has 0 unspecified atom stereocenters. The number of carbonyl (C=O) groups excluding carboxylic acids is 4. The van der Waals surface area contributed by atoms with Gasteiger partial charge in [0, 0.05) is 17.4 Å². The summed E-state index contributed by atoms with van der Waals surface area (Å²) >= 11 is 7.45. The number of nitrogens with zero attached hydrogens (tertiary/aromatic N) is 2. The summed E-state index contributed by atoms with van der Waals surface area (Å²) < 4.78 is 39.9. The first kappa shape index (κ1) is 36.4. The first-order valence-electron chi connectivity index (χ1n) is 17.1. The molecule has 272 valence electrons. The second-order valence-corrected chi connectivity index (χ2v) is 18.6. The first-order valence-corrected chi connectivity index (χ1v) is 19.7. The molecule has 16 heteroatoms. The lowest BCUT2D eigenvalue weighted by atomic mass is 10.0. The van der Waals surface area contributed by atoms with Crippen LogP contribution in [0.25, 0.3) is 10.2 Å². The minimum atomic E-state index is -3.97. The summed E-state index contributed by atoms with van der Waals surface area (Å²) in [7, 11) is -3.97. The molecule has 50 heavy (non-hydrogen) atoms. The largest absolute Gasteiger partial charge is 0.465 e. The highest BCUT2D eigenvalue weighted by Crippen LogP contribution is 2.47. The molecule has 0 bridgehead atoms. The number of aromatic nitrogens is 1. The Morgan fingerprint density at radius 2 is 1.92 bits per heavy atom.